The Kier molecular flexibility index (Phi) is 5.78. The van der Waals surface area contributed by atoms with Crippen LogP contribution in [0, 0.1) is 6.92 Å². The molecule has 1 heterocycles. The van der Waals surface area contributed by atoms with Crippen LogP contribution in [0.4, 0.5) is 0 Å². The maximum atomic E-state index is 5.77. The third-order valence-corrected chi connectivity index (χ3v) is 3.45. The number of nitrogens with zero attached hydrogens (tertiary/aromatic N) is 2. The summed E-state index contributed by atoms with van der Waals surface area (Å²) in [6.45, 7) is 5.66. The molecule has 0 aliphatic rings. The van der Waals surface area contributed by atoms with Gasteiger partial charge in [0.15, 0.2) is 0 Å². The van der Waals surface area contributed by atoms with Crippen molar-refractivity contribution in [2.75, 3.05) is 6.61 Å². The van der Waals surface area contributed by atoms with Gasteiger partial charge in [0.05, 0.1) is 12.8 Å². The lowest BCUT2D eigenvalue weighted by atomic mass is 10.1. The van der Waals surface area contributed by atoms with Crippen molar-refractivity contribution >= 4 is 0 Å². The molecule has 0 fully saturated rings. The van der Waals surface area contributed by atoms with E-state index in [0.717, 1.165) is 25.1 Å². The Morgan fingerprint density at radius 2 is 2.29 bits per heavy atom. The highest BCUT2D eigenvalue weighted by atomic mass is 16.5. The van der Waals surface area contributed by atoms with Crippen LogP contribution in [0.15, 0.2) is 36.7 Å². The molecule has 0 saturated heterocycles. The summed E-state index contributed by atoms with van der Waals surface area (Å²) in [4.78, 5) is 0. The molecule has 1 aromatic carbocycles. The molecule has 0 aliphatic carbocycles. The number of nitrogens with one attached hydrogen (secondary N) is 1. The molecule has 2 rings (SSSR count). The van der Waals surface area contributed by atoms with E-state index in [0.29, 0.717) is 6.61 Å². The monoisotopic (exact) mass is 288 g/mol. The summed E-state index contributed by atoms with van der Waals surface area (Å²) in [5, 5.41) is 4.28. The number of nitrogens with two attached hydrogens (primary N) is 1. The minimum Gasteiger partial charge on any atom is -0.494 e. The molecule has 0 spiro atoms. The highest BCUT2D eigenvalue weighted by molar-refractivity contribution is 5.27. The summed E-state index contributed by atoms with van der Waals surface area (Å²) in [5.41, 5.74) is 5.25. The van der Waals surface area contributed by atoms with E-state index < -0.39 is 0 Å². The zero-order chi connectivity index (χ0) is 15.1. The highest BCUT2D eigenvalue weighted by Gasteiger charge is 2.09. The van der Waals surface area contributed by atoms with E-state index in [1.807, 2.05) is 29.1 Å². The molecule has 114 valence electrons. The number of hydrazine groups is 1. The van der Waals surface area contributed by atoms with Crippen LogP contribution in [0.2, 0.25) is 0 Å². The molecule has 5 heteroatoms. The third kappa shape index (κ3) is 4.88. The zero-order valence-corrected chi connectivity index (χ0v) is 12.7. The van der Waals surface area contributed by atoms with Gasteiger partial charge < -0.3 is 4.74 Å². The maximum absolute atomic E-state index is 5.77. The van der Waals surface area contributed by atoms with Gasteiger partial charge in [-0.2, -0.15) is 5.10 Å². The summed E-state index contributed by atoms with van der Waals surface area (Å²) in [6.07, 6.45) is 5.66. The van der Waals surface area contributed by atoms with Gasteiger partial charge in [-0.15, -0.1) is 0 Å². The number of ether oxygens (including phenoxy) is 1. The Morgan fingerprint density at radius 1 is 1.43 bits per heavy atom. The second-order valence-electron chi connectivity index (χ2n) is 5.23. The molecule has 0 saturated carbocycles. The fourth-order valence-corrected chi connectivity index (χ4v) is 2.24. The normalized spacial score (nSPS) is 12.3. The molecular formula is C16H24N4O. The summed E-state index contributed by atoms with van der Waals surface area (Å²) in [7, 11) is 0. The topological polar surface area (TPSA) is 65.1 Å². The van der Waals surface area contributed by atoms with Crippen molar-refractivity contribution in [2.45, 2.75) is 39.3 Å². The SMILES string of the molecule is CCn1cc(CC(CCOc2cccc(C)c2)NN)cn1. The van der Waals surface area contributed by atoms with E-state index >= 15 is 0 Å². The lowest BCUT2D eigenvalue weighted by Gasteiger charge is -2.15. The quantitative estimate of drug-likeness (QED) is 0.576. The minimum absolute atomic E-state index is 0.185. The number of hydrogen-bond donors (Lipinski definition) is 2. The lowest BCUT2D eigenvalue weighted by Crippen LogP contribution is -2.37. The van der Waals surface area contributed by atoms with Gasteiger partial charge in [0.25, 0.3) is 0 Å². The van der Waals surface area contributed by atoms with Crippen LogP contribution in [-0.2, 0) is 13.0 Å². The Balaban J connectivity index is 1.79. The van der Waals surface area contributed by atoms with Gasteiger partial charge in [-0.25, -0.2) is 0 Å². The molecule has 0 aliphatic heterocycles. The third-order valence-electron chi connectivity index (χ3n) is 3.45. The van der Waals surface area contributed by atoms with Crippen molar-refractivity contribution in [3.63, 3.8) is 0 Å². The number of aromatic nitrogens is 2. The molecule has 0 radical (unpaired) electrons. The molecule has 21 heavy (non-hydrogen) atoms. The number of benzene rings is 1. The average Bonchev–Trinajstić information content (AvgIpc) is 2.94. The van der Waals surface area contributed by atoms with Crippen LogP contribution in [0.5, 0.6) is 5.75 Å². The van der Waals surface area contributed by atoms with Crippen LogP contribution in [0.1, 0.15) is 24.5 Å². The Bertz CT molecular complexity index is 553. The lowest BCUT2D eigenvalue weighted by molar-refractivity contribution is 0.285. The first-order valence-electron chi connectivity index (χ1n) is 7.38. The summed E-state index contributed by atoms with van der Waals surface area (Å²) in [5.74, 6) is 6.54. The Hall–Kier alpha value is -1.85. The van der Waals surface area contributed by atoms with Crippen LogP contribution in [0.3, 0.4) is 0 Å². The first-order chi connectivity index (χ1) is 10.2. The molecule has 1 unspecified atom stereocenters. The second kappa shape index (κ2) is 7.81. The molecule has 0 bridgehead atoms. The summed E-state index contributed by atoms with van der Waals surface area (Å²) < 4.78 is 7.69. The van der Waals surface area contributed by atoms with Gasteiger partial charge >= 0.3 is 0 Å². The van der Waals surface area contributed by atoms with E-state index in [4.69, 9.17) is 10.6 Å². The number of hydrogen-bond acceptors (Lipinski definition) is 4. The molecule has 1 atom stereocenters. The minimum atomic E-state index is 0.185. The van der Waals surface area contributed by atoms with Gasteiger partial charge in [-0.05, 0) is 49.9 Å². The van der Waals surface area contributed by atoms with Crippen molar-refractivity contribution in [1.29, 1.82) is 0 Å². The van der Waals surface area contributed by atoms with E-state index in [1.165, 1.54) is 11.1 Å². The van der Waals surface area contributed by atoms with E-state index in [-0.39, 0.29) is 6.04 Å². The molecule has 3 N–H and O–H groups in total. The first kappa shape index (κ1) is 15.5. The van der Waals surface area contributed by atoms with Crippen LogP contribution in [-0.4, -0.2) is 22.4 Å². The van der Waals surface area contributed by atoms with E-state index in [2.05, 4.69) is 36.6 Å². The van der Waals surface area contributed by atoms with Crippen LogP contribution >= 0.6 is 0 Å². The molecule has 0 amide bonds. The van der Waals surface area contributed by atoms with Gasteiger partial charge in [0, 0.05) is 18.8 Å². The molecular weight excluding hydrogens is 264 g/mol. The summed E-state index contributed by atoms with van der Waals surface area (Å²) in [6, 6.07) is 8.26. The van der Waals surface area contributed by atoms with E-state index in [9.17, 15) is 0 Å². The van der Waals surface area contributed by atoms with Gasteiger partial charge in [-0.1, -0.05) is 12.1 Å². The molecule has 5 nitrogen and oxygen atoms in total. The number of rotatable bonds is 8. The van der Waals surface area contributed by atoms with Crippen molar-refractivity contribution in [3.05, 3.63) is 47.8 Å². The smallest absolute Gasteiger partial charge is 0.119 e. The largest absolute Gasteiger partial charge is 0.494 e. The second-order valence-corrected chi connectivity index (χ2v) is 5.23. The van der Waals surface area contributed by atoms with Crippen molar-refractivity contribution in [3.8, 4) is 5.75 Å². The molecule has 1 aromatic heterocycles. The standard InChI is InChI=1S/C16H24N4O/c1-3-20-12-14(11-18-20)10-15(19-17)7-8-21-16-6-4-5-13(2)9-16/h4-6,9,11-12,15,19H,3,7-8,10,17H2,1-2H3. The Labute approximate surface area is 126 Å². The van der Waals surface area contributed by atoms with Crippen molar-refractivity contribution in [1.82, 2.24) is 15.2 Å². The van der Waals surface area contributed by atoms with Gasteiger partial charge in [0.2, 0.25) is 0 Å². The van der Waals surface area contributed by atoms with Gasteiger partial charge in [0.1, 0.15) is 5.75 Å². The molecule has 2 aromatic rings. The number of aryl methyl sites for hydroxylation is 2. The van der Waals surface area contributed by atoms with Gasteiger partial charge in [-0.3, -0.25) is 16.0 Å². The highest BCUT2D eigenvalue weighted by Crippen LogP contribution is 2.13. The average molecular weight is 288 g/mol. The predicted molar refractivity (Wildman–Crippen MR) is 84.0 cm³/mol. The first-order valence-corrected chi connectivity index (χ1v) is 7.38. The fourth-order valence-electron chi connectivity index (χ4n) is 2.24. The zero-order valence-electron chi connectivity index (χ0n) is 12.7. The van der Waals surface area contributed by atoms with Crippen molar-refractivity contribution < 1.29 is 4.74 Å². The Morgan fingerprint density at radius 3 is 2.95 bits per heavy atom. The van der Waals surface area contributed by atoms with Crippen LogP contribution < -0.4 is 16.0 Å². The predicted octanol–water partition coefficient (Wildman–Crippen LogP) is 2.05. The van der Waals surface area contributed by atoms with E-state index in [1.54, 1.807) is 0 Å². The fraction of sp³-hybridized carbons (Fsp3) is 0.438. The summed E-state index contributed by atoms with van der Waals surface area (Å²) >= 11 is 0. The maximum Gasteiger partial charge on any atom is 0.119 e. The van der Waals surface area contributed by atoms with Crippen LogP contribution in [0.25, 0.3) is 0 Å². The van der Waals surface area contributed by atoms with Crippen molar-refractivity contribution in [2.24, 2.45) is 5.84 Å².